The van der Waals surface area contributed by atoms with Gasteiger partial charge in [-0.05, 0) is 69.7 Å². The number of ether oxygens (including phenoxy) is 2. The number of furan rings is 1. The number of alkyl carbamates (subject to hydrolysis) is 1. The van der Waals surface area contributed by atoms with Gasteiger partial charge in [0.15, 0.2) is 11.3 Å². The molecule has 4 aromatic rings. The Kier molecular flexibility index (Phi) is 9.82. The molecular weight excluding hydrogens is 747 g/mol. The third-order valence-corrected chi connectivity index (χ3v) is 13.7. The highest BCUT2D eigenvalue weighted by atomic mass is 32.2. The van der Waals surface area contributed by atoms with E-state index in [1.54, 1.807) is 17.4 Å². The van der Waals surface area contributed by atoms with Crippen LogP contribution in [0.1, 0.15) is 62.7 Å². The lowest BCUT2D eigenvalue weighted by Gasteiger charge is -2.29. The van der Waals surface area contributed by atoms with Crippen LogP contribution in [0.25, 0.3) is 32.6 Å². The number of allylic oxidation sites excluding steroid dienone is 1. The van der Waals surface area contributed by atoms with Crippen LogP contribution < -0.4 is 20.1 Å². The molecule has 55 heavy (non-hydrogen) atoms. The molecule has 1 saturated heterocycles. The number of aryl methyl sites for hydroxylation is 1. The van der Waals surface area contributed by atoms with E-state index in [0.29, 0.717) is 60.2 Å². The molecule has 2 aliphatic heterocycles. The number of pyridine rings is 1. The van der Waals surface area contributed by atoms with Gasteiger partial charge < -0.3 is 29.4 Å². The number of nitrogens with one attached hydrogen (secondary N) is 3. The Morgan fingerprint density at radius 2 is 1.91 bits per heavy atom. The summed E-state index contributed by atoms with van der Waals surface area (Å²) < 4.78 is 45.8. The number of carbonyl (C=O) groups excluding carboxylic acids is 4. The van der Waals surface area contributed by atoms with Crippen molar-refractivity contribution in [3.05, 3.63) is 59.5 Å². The van der Waals surface area contributed by atoms with Gasteiger partial charge in [-0.3, -0.25) is 19.1 Å². The van der Waals surface area contributed by atoms with Crippen LogP contribution in [0, 0.1) is 12.8 Å². The normalized spacial score (nSPS) is 26.0. The molecule has 290 valence electrons. The van der Waals surface area contributed by atoms with E-state index in [-0.39, 0.29) is 19.4 Å². The van der Waals surface area contributed by atoms with Gasteiger partial charge in [0.05, 0.1) is 29.5 Å². The van der Waals surface area contributed by atoms with Crippen molar-refractivity contribution in [2.24, 2.45) is 5.92 Å². The average molecular weight is 790 g/mol. The minimum Gasteiger partial charge on any atom is -0.484 e. The van der Waals surface area contributed by atoms with E-state index < -0.39 is 68.7 Å². The second-order valence-corrected chi connectivity index (χ2v) is 18.1. The number of fused-ring (bicyclic) bond motifs is 5. The molecule has 2 aliphatic carbocycles. The van der Waals surface area contributed by atoms with Crippen LogP contribution in [0.3, 0.4) is 0 Å². The second-order valence-electron chi connectivity index (χ2n) is 14.9. The zero-order valence-corrected chi connectivity index (χ0v) is 32.2. The maximum atomic E-state index is 14.4. The Labute approximate surface area is 322 Å². The molecular formula is C39H43N5O9S2. The smallest absolute Gasteiger partial charge is 0.407 e. The minimum atomic E-state index is -3.90. The van der Waals surface area contributed by atoms with Crippen molar-refractivity contribution in [2.45, 2.75) is 93.7 Å². The Hall–Kier alpha value is -4.96. The molecule has 3 fully saturated rings. The van der Waals surface area contributed by atoms with Gasteiger partial charge in [0.2, 0.25) is 21.8 Å². The summed E-state index contributed by atoms with van der Waals surface area (Å²) in [6, 6.07) is 11.2. The molecule has 2 saturated carbocycles. The van der Waals surface area contributed by atoms with Crippen LogP contribution in [0.2, 0.25) is 0 Å². The summed E-state index contributed by atoms with van der Waals surface area (Å²) >= 11 is 1.59. The quantitative estimate of drug-likeness (QED) is 0.213. The standard InChI is InChI=1S/C39H43N5O9S2/c1-22-14-17-32(54-22)28-19-31(34-33(40-28)26-11-8-9-13-30(26)53-34)52-24-18-29-35(45)42-39(37(47)43-55(49,50)25-15-16-25)20-23(39)10-6-4-3-5-7-12-27(41-38(48)51-2)36(46)44(29)21-24/h6,8-11,13-14,17,19,23-25,27,29H,3-5,7,12,15-16,18,20-21H2,1-2H3,(H,41,48)(H,42,45)(H,43,47)/t23-,24-,27+,29+,39-/m1/s1. The maximum absolute atomic E-state index is 14.4. The molecule has 5 atom stereocenters. The van der Waals surface area contributed by atoms with Crippen molar-refractivity contribution in [3.8, 4) is 16.3 Å². The number of hydrogen-bond donors (Lipinski definition) is 3. The van der Waals surface area contributed by atoms with E-state index in [4.69, 9.17) is 18.9 Å². The summed E-state index contributed by atoms with van der Waals surface area (Å²) in [4.78, 5) is 63.5. The highest BCUT2D eigenvalue weighted by Crippen LogP contribution is 2.46. The first-order valence-electron chi connectivity index (χ1n) is 18.7. The van der Waals surface area contributed by atoms with E-state index in [1.807, 2.05) is 55.5 Å². The Balaban J connectivity index is 1.14. The van der Waals surface area contributed by atoms with Crippen molar-refractivity contribution >= 4 is 67.2 Å². The van der Waals surface area contributed by atoms with E-state index in [9.17, 15) is 27.6 Å². The number of para-hydroxylation sites is 1. The zero-order chi connectivity index (χ0) is 38.5. The van der Waals surface area contributed by atoms with E-state index >= 15 is 0 Å². The fourth-order valence-electron chi connectivity index (χ4n) is 7.67. The van der Waals surface area contributed by atoms with Gasteiger partial charge in [0.1, 0.15) is 34.8 Å². The van der Waals surface area contributed by atoms with E-state index in [0.717, 1.165) is 28.0 Å². The predicted molar refractivity (Wildman–Crippen MR) is 205 cm³/mol. The van der Waals surface area contributed by atoms with Gasteiger partial charge in [-0.1, -0.05) is 37.1 Å². The number of rotatable bonds is 7. The number of methoxy groups -OCH3 is 1. The largest absolute Gasteiger partial charge is 0.484 e. The SMILES string of the molecule is COC(=O)N[C@H]1CCCCCC=C[C@@H]2C[C@@]2(C(=O)NS(=O)(=O)C2CC2)NC(=O)[C@@H]2C[C@@H](Oc3cc(-c4ccc(C)s4)nc4c3oc3ccccc34)CN2C1=O. The number of benzene rings is 1. The molecule has 0 bridgehead atoms. The average Bonchev–Trinajstić information content (AvgIpc) is 4.00. The first-order chi connectivity index (χ1) is 26.5. The summed E-state index contributed by atoms with van der Waals surface area (Å²) in [7, 11) is -2.68. The van der Waals surface area contributed by atoms with Gasteiger partial charge in [0.25, 0.3) is 5.91 Å². The van der Waals surface area contributed by atoms with Gasteiger partial charge in [-0.25, -0.2) is 18.2 Å². The fourth-order valence-corrected chi connectivity index (χ4v) is 9.86. The Morgan fingerprint density at radius 1 is 1.09 bits per heavy atom. The minimum absolute atomic E-state index is 0.0215. The number of aromatic nitrogens is 1. The molecule has 16 heteroatoms. The van der Waals surface area contributed by atoms with Gasteiger partial charge in [-0.2, -0.15) is 0 Å². The maximum Gasteiger partial charge on any atom is 0.407 e. The third kappa shape index (κ3) is 7.41. The molecule has 0 unspecified atom stereocenters. The van der Waals surface area contributed by atoms with E-state index in [2.05, 4.69) is 15.4 Å². The summed E-state index contributed by atoms with van der Waals surface area (Å²) in [5, 5.41) is 5.73. The monoisotopic (exact) mass is 789 g/mol. The molecule has 3 N–H and O–H groups in total. The highest BCUT2D eigenvalue weighted by molar-refractivity contribution is 7.91. The van der Waals surface area contributed by atoms with Gasteiger partial charge >= 0.3 is 6.09 Å². The molecule has 1 aromatic carbocycles. The topological polar surface area (TPSA) is 186 Å². The molecule has 4 amide bonds. The Morgan fingerprint density at radius 3 is 2.67 bits per heavy atom. The molecule has 3 aromatic heterocycles. The molecule has 4 aliphatic rings. The second kappa shape index (κ2) is 14.6. The summed E-state index contributed by atoms with van der Waals surface area (Å²) in [6.07, 6.45) is 6.70. The molecule has 14 nitrogen and oxygen atoms in total. The lowest BCUT2D eigenvalue weighted by Crippen LogP contribution is -2.58. The molecule has 8 rings (SSSR count). The first-order valence-corrected chi connectivity index (χ1v) is 21.1. The first kappa shape index (κ1) is 37.0. The van der Waals surface area contributed by atoms with Crippen molar-refractivity contribution in [3.63, 3.8) is 0 Å². The third-order valence-electron chi connectivity index (χ3n) is 10.9. The van der Waals surface area contributed by atoms with Crippen LogP contribution in [0.4, 0.5) is 4.79 Å². The van der Waals surface area contributed by atoms with Crippen LogP contribution in [-0.4, -0.2) is 84.7 Å². The summed E-state index contributed by atoms with van der Waals surface area (Å²) in [5.74, 6) is -1.95. The van der Waals surface area contributed by atoms with Crippen LogP contribution in [0.15, 0.2) is 59.0 Å². The van der Waals surface area contributed by atoms with Crippen LogP contribution in [-0.2, 0) is 29.1 Å². The number of amides is 4. The Bertz CT molecular complexity index is 2320. The van der Waals surface area contributed by atoms with Crippen LogP contribution >= 0.6 is 11.3 Å². The highest BCUT2D eigenvalue weighted by Gasteiger charge is 2.62. The number of nitrogens with zero attached hydrogens (tertiary/aromatic N) is 2. The molecule has 0 radical (unpaired) electrons. The van der Waals surface area contributed by atoms with Crippen LogP contribution in [0.5, 0.6) is 5.75 Å². The van der Waals surface area contributed by atoms with Gasteiger partial charge in [0, 0.05) is 28.7 Å². The zero-order valence-electron chi connectivity index (χ0n) is 30.5. The fraction of sp³-hybridized carbons (Fsp3) is 0.462. The predicted octanol–water partition coefficient (Wildman–Crippen LogP) is 5.09. The molecule has 5 heterocycles. The number of sulfonamides is 1. The summed E-state index contributed by atoms with van der Waals surface area (Å²) in [6.45, 7) is 1.99. The number of hydrogen-bond acceptors (Lipinski definition) is 11. The van der Waals surface area contributed by atoms with Crippen molar-refractivity contribution in [1.29, 1.82) is 0 Å². The van der Waals surface area contributed by atoms with Crippen molar-refractivity contribution in [2.75, 3.05) is 13.7 Å². The lowest BCUT2D eigenvalue weighted by atomic mass is 10.1. The van der Waals surface area contributed by atoms with Crippen molar-refractivity contribution in [1.82, 2.24) is 25.2 Å². The number of carbonyl (C=O) groups is 4. The van der Waals surface area contributed by atoms with Gasteiger partial charge in [-0.15, -0.1) is 11.3 Å². The summed E-state index contributed by atoms with van der Waals surface area (Å²) in [5.41, 5.74) is 0.828. The van der Waals surface area contributed by atoms with Crippen molar-refractivity contribution < 1.29 is 41.5 Å². The lowest BCUT2D eigenvalue weighted by molar-refractivity contribution is -0.141. The van der Waals surface area contributed by atoms with E-state index in [1.165, 1.54) is 12.0 Å². The molecule has 0 spiro atoms. The number of thiophene rings is 1.